The van der Waals surface area contributed by atoms with Crippen LogP contribution in [0, 0.1) is 0 Å². The summed E-state index contributed by atoms with van der Waals surface area (Å²) in [6.07, 6.45) is -4.51. The van der Waals surface area contributed by atoms with Crippen LogP contribution in [0.2, 0.25) is 0 Å². The molecule has 0 saturated carbocycles. The summed E-state index contributed by atoms with van der Waals surface area (Å²) in [5.74, 6) is 0.0476. The molecule has 1 aliphatic heterocycles. The van der Waals surface area contributed by atoms with Gasteiger partial charge in [0.25, 0.3) is 5.91 Å². The van der Waals surface area contributed by atoms with Crippen molar-refractivity contribution in [1.82, 2.24) is 4.90 Å². The predicted molar refractivity (Wildman–Crippen MR) is 105 cm³/mol. The first kappa shape index (κ1) is 22.3. The molecule has 31 heavy (non-hydrogen) atoms. The molecule has 0 fully saturated rings. The van der Waals surface area contributed by atoms with E-state index in [-0.39, 0.29) is 18.8 Å². The third-order valence-electron chi connectivity index (χ3n) is 4.42. The van der Waals surface area contributed by atoms with E-state index < -0.39 is 30.2 Å². The molecule has 3 rings (SSSR count). The average Bonchev–Trinajstić information content (AvgIpc) is 2.75. The zero-order valence-electron chi connectivity index (χ0n) is 16.7. The first-order valence-electron chi connectivity index (χ1n) is 9.53. The van der Waals surface area contributed by atoms with Gasteiger partial charge in [-0.15, -0.1) is 0 Å². The number of fused-ring (bicyclic) bond motifs is 1. The summed E-state index contributed by atoms with van der Waals surface area (Å²) in [6.45, 7) is 2.03. The number of hydrogen-bond donors (Lipinski definition) is 1. The molecule has 2 aromatic carbocycles. The maximum atomic E-state index is 12.8. The van der Waals surface area contributed by atoms with Crippen LogP contribution in [0.15, 0.2) is 42.5 Å². The van der Waals surface area contributed by atoms with Crippen molar-refractivity contribution in [3.05, 3.63) is 48.0 Å². The Morgan fingerprint density at radius 2 is 1.84 bits per heavy atom. The summed E-state index contributed by atoms with van der Waals surface area (Å²) < 4.78 is 54.4. The van der Waals surface area contributed by atoms with E-state index in [2.05, 4.69) is 5.32 Å². The summed E-state index contributed by atoms with van der Waals surface area (Å²) in [7, 11) is 0. The van der Waals surface area contributed by atoms with Crippen molar-refractivity contribution in [2.24, 2.45) is 0 Å². The topological polar surface area (TPSA) is 77.1 Å². The van der Waals surface area contributed by atoms with Crippen LogP contribution in [0.25, 0.3) is 0 Å². The molecule has 0 aromatic heterocycles. The van der Waals surface area contributed by atoms with Gasteiger partial charge >= 0.3 is 6.18 Å². The fourth-order valence-electron chi connectivity index (χ4n) is 2.87. The van der Waals surface area contributed by atoms with Crippen molar-refractivity contribution in [2.75, 3.05) is 38.2 Å². The summed E-state index contributed by atoms with van der Waals surface area (Å²) in [5, 5.41) is 2.68. The number of alkyl halides is 3. The number of likely N-dealkylation sites (N-methyl/N-ethyl adjacent to an activating group) is 1. The number of carbonyl (C=O) groups is 2. The predicted octanol–water partition coefficient (Wildman–Crippen LogP) is 3.34. The Hall–Kier alpha value is -3.43. The van der Waals surface area contributed by atoms with Gasteiger partial charge in [0.15, 0.2) is 18.1 Å². The van der Waals surface area contributed by atoms with Crippen LogP contribution >= 0.6 is 0 Å². The normalized spacial score (nSPS) is 12.8. The maximum absolute atomic E-state index is 12.8. The number of benzene rings is 2. The first-order chi connectivity index (χ1) is 14.8. The molecule has 1 heterocycles. The highest BCUT2D eigenvalue weighted by atomic mass is 19.4. The number of amides is 2. The molecule has 0 bridgehead atoms. The molecule has 1 aliphatic rings. The van der Waals surface area contributed by atoms with Gasteiger partial charge in [-0.2, -0.15) is 13.2 Å². The number of nitrogens with zero attached hydrogens (tertiary/aromatic N) is 1. The minimum Gasteiger partial charge on any atom is -0.486 e. The largest absolute Gasteiger partial charge is 0.486 e. The second-order valence-corrected chi connectivity index (χ2v) is 6.63. The highest BCUT2D eigenvalue weighted by Crippen LogP contribution is 2.33. The van der Waals surface area contributed by atoms with Gasteiger partial charge in [0.05, 0.1) is 12.1 Å². The Kier molecular flexibility index (Phi) is 6.88. The van der Waals surface area contributed by atoms with Crippen LogP contribution in [0.1, 0.15) is 12.5 Å². The van der Waals surface area contributed by atoms with Gasteiger partial charge in [-0.05, 0) is 37.3 Å². The van der Waals surface area contributed by atoms with Crippen LogP contribution < -0.4 is 19.5 Å². The molecule has 0 unspecified atom stereocenters. The molecule has 2 aromatic rings. The van der Waals surface area contributed by atoms with Crippen molar-refractivity contribution in [2.45, 2.75) is 13.1 Å². The number of carbonyl (C=O) groups excluding carboxylic acids is 2. The number of nitrogens with one attached hydrogen (secondary N) is 1. The summed E-state index contributed by atoms with van der Waals surface area (Å²) >= 11 is 0. The van der Waals surface area contributed by atoms with Crippen LogP contribution in [0.4, 0.5) is 18.9 Å². The van der Waals surface area contributed by atoms with Gasteiger partial charge in [-0.25, -0.2) is 0 Å². The molecular formula is C21H21F3N2O5. The van der Waals surface area contributed by atoms with Crippen molar-refractivity contribution in [1.29, 1.82) is 0 Å². The molecule has 0 radical (unpaired) electrons. The molecule has 10 heteroatoms. The van der Waals surface area contributed by atoms with Gasteiger partial charge in [-0.1, -0.05) is 6.07 Å². The standard InChI is InChI=1S/C21H21F3N2O5/c1-2-26(20(28)13-31-16-5-3-4-14(10-16)21(22,23)24)12-19(27)25-15-6-7-17-18(11-15)30-9-8-29-17/h3-7,10-11H,2,8-9,12-13H2,1H3,(H,25,27). The van der Waals surface area contributed by atoms with E-state index in [0.717, 1.165) is 12.1 Å². The number of anilines is 1. The van der Waals surface area contributed by atoms with Gasteiger partial charge in [0, 0.05) is 18.3 Å². The number of halogens is 3. The highest BCUT2D eigenvalue weighted by molar-refractivity contribution is 5.95. The van der Waals surface area contributed by atoms with Gasteiger partial charge in [0.1, 0.15) is 19.0 Å². The lowest BCUT2D eigenvalue weighted by molar-refractivity contribution is -0.137. The quantitative estimate of drug-likeness (QED) is 0.718. The van der Waals surface area contributed by atoms with Crippen molar-refractivity contribution >= 4 is 17.5 Å². The van der Waals surface area contributed by atoms with E-state index in [1.807, 2.05) is 0 Å². The van der Waals surface area contributed by atoms with Crippen molar-refractivity contribution in [3.63, 3.8) is 0 Å². The Balaban J connectivity index is 1.54. The van der Waals surface area contributed by atoms with E-state index >= 15 is 0 Å². The zero-order chi connectivity index (χ0) is 22.4. The molecule has 0 saturated heterocycles. The maximum Gasteiger partial charge on any atom is 0.416 e. The van der Waals surface area contributed by atoms with E-state index in [4.69, 9.17) is 14.2 Å². The summed E-state index contributed by atoms with van der Waals surface area (Å²) in [5.41, 5.74) is -0.387. The highest BCUT2D eigenvalue weighted by Gasteiger charge is 2.30. The molecule has 0 atom stereocenters. The molecule has 0 spiro atoms. The average molecular weight is 438 g/mol. The first-order valence-corrected chi connectivity index (χ1v) is 9.53. The minimum atomic E-state index is -4.51. The lowest BCUT2D eigenvalue weighted by Gasteiger charge is -2.21. The number of hydrogen-bond acceptors (Lipinski definition) is 5. The Bertz CT molecular complexity index is 949. The molecule has 0 aliphatic carbocycles. The lowest BCUT2D eigenvalue weighted by Crippen LogP contribution is -2.40. The Labute approximate surface area is 176 Å². The van der Waals surface area contributed by atoms with E-state index in [0.29, 0.717) is 30.4 Å². The molecule has 1 N–H and O–H groups in total. The minimum absolute atomic E-state index is 0.0834. The van der Waals surface area contributed by atoms with Crippen LogP contribution in [0.5, 0.6) is 17.2 Å². The van der Waals surface area contributed by atoms with E-state index in [9.17, 15) is 22.8 Å². The molecule has 166 valence electrons. The summed E-state index contributed by atoms with van der Waals surface area (Å²) in [6, 6.07) is 9.21. The van der Waals surface area contributed by atoms with Gasteiger partial charge in [0.2, 0.25) is 5.91 Å². The van der Waals surface area contributed by atoms with Crippen LogP contribution in [-0.2, 0) is 15.8 Å². The molecule has 7 nitrogen and oxygen atoms in total. The van der Waals surface area contributed by atoms with E-state index in [1.165, 1.54) is 17.0 Å². The smallest absolute Gasteiger partial charge is 0.416 e. The second kappa shape index (κ2) is 9.59. The fraction of sp³-hybridized carbons (Fsp3) is 0.333. The van der Waals surface area contributed by atoms with Crippen molar-refractivity contribution in [3.8, 4) is 17.2 Å². The second-order valence-electron chi connectivity index (χ2n) is 6.63. The van der Waals surface area contributed by atoms with E-state index in [1.54, 1.807) is 25.1 Å². The summed E-state index contributed by atoms with van der Waals surface area (Å²) in [4.78, 5) is 25.9. The van der Waals surface area contributed by atoms with Crippen molar-refractivity contribution < 1.29 is 37.0 Å². The third kappa shape index (κ3) is 6.03. The lowest BCUT2D eigenvalue weighted by atomic mass is 10.2. The van der Waals surface area contributed by atoms with Gasteiger partial charge in [-0.3, -0.25) is 9.59 Å². The monoisotopic (exact) mass is 438 g/mol. The van der Waals surface area contributed by atoms with Gasteiger partial charge < -0.3 is 24.4 Å². The van der Waals surface area contributed by atoms with Crippen LogP contribution in [0.3, 0.4) is 0 Å². The third-order valence-corrected chi connectivity index (χ3v) is 4.42. The molecular weight excluding hydrogens is 417 g/mol. The SMILES string of the molecule is CCN(CC(=O)Nc1ccc2c(c1)OCCO2)C(=O)COc1cccc(C(F)(F)F)c1. The Morgan fingerprint density at radius 1 is 1.10 bits per heavy atom. The zero-order valence-corrected chi connectivity index (χ0v) is 16.7. The molecule has 2 amide bonds. The number of ether oxygens (including phenoxy) is 3. The van der Waals surface area contributed by atoms with Crippen LogP contribution in [-0.4, -0.2) is 49.6 Å². The number of rotatable bonds is 7. The fourth-order valence-corrected chi connectivity index (χ4v) is 2.87. The Morgan fingerprint density at radius 3 is 2.55 bits per heavy atom.